The number of para-hydroxylation sites is 1. The van der Waals surface area contributed by atoms with Gasteiger partial charge in [-0.3, -0.25) is 5.43 Å². The first-order chi connectivity index (χ1) is 9.15. The van der Waals surface area contributed by atoms with Crippen molar-refractivity contribution in [3.05, 3.63) is 40.9 Å². The predicted molar refractivity (Wildman–Crippen MR) is 80.3 cm³/mol. The molecular formula is C14H17N3OS. The van der Waals surface area contributed by atoms with Crippen molar-refractivity contribution in [1.82, 2.24) is 4.98 Å². The number of aromatic nitrogens is 1. The van der Waals surface area contributed by atoms with Gasteiger partial charge in [-0.2, -0.15) is 5.10 Å². The molecule has 1 N–H and O–H groups in total. The lowest BCUT2D eigenvalue weighted by Gasteiger charge is -2.11. The highest BCUT2D eigenvalue weighted by Crippen LogP contribution is 2.18. The van der Waals surface area contributed by atoms with Crippen LogP contribution in [0, 0.1) is 6.92 Å². The topological polar surface area (TPSA) is 46.5 Å². The van der Waals surface area contributed by atoms with Gasteiger partial charge in [0.05, 0.1) is 18.0 Å². The van der Waals surface area contributed by atoms with Gasteiger partial charge in [0.15, 0.2) is 0 Å². The van der Waals surface area contributed by atoms with Crippen LogP contribution in [0.5, 0.6) is 5.75 Å². The molecule has 0 amide bonds. The van der Waals surface area contributed by atoms with Gasteiger partial charge in [-0.15, -0.1) is 11.3 Å². The summed E-state index contributed by atoms with van der Waals surface area (Å²) in [5, 5.41) is 6.95. The van der Waals surface area contributed by atoms with Crippen LogP contribution in [0.3, 0.4) is 0 Å². The van der Waals surface area contributed by atoms with Crippen LogP contribution in [-0.4, -0.2) is 17.3 Å². The third kappa shape index (κ3) is 4.06. The number of hydrogen-bond donors (Lipinski definition) is 1. The van der Waals surface area contributed by atoms with Gasteiger partial charge in [0, 0.05) is 10.9 Å². The van der Waals surface area contributed by atoms with Crippen molar-refractivity contribution < 1.29 is 4.74 Å². The average Bonchev–Trinajstić information content (AvgIpc) is 2.77. The Kier molecular flexibility index (Phi) is 4.52. The average molecular weight is 275 g/mol. The fourth-order valence-electron chi connectivity index (χ4n) is 1.51. The maximum atomic E-state index is 5.72. The second kappa shape index (κ2) is 6.33. The molecule has 0 saturated heterocycles. The Morgan fingerprint density at radius 3 is 2.84 bits per heavy atom. The number of nitrogens with zero attached hydrogens (tertiary/aromatic N) is 2. The molecule has 2 aromatic rings. The third-order valence-corrected chi connectivity index (χ3v) is 3.13. The molecule has 0 radical (unpaired) electrons. The molecule has 4 nitrogen and oxygen atoms in total. The SMILES string of the molecule is Cc1csc(N/N=C/c2ccccc2OC(C)C)n1. The van der Waals surface area contributed by atoms with E-state index in [1.807, 2.05) is 50.4 Å². The van der Waals surface area contributed by atoms with E-state index in [0.29, 0.717) is 0 Å². The maximum absolute atomic E-state index is 5.72. The minimum Gasteiger partial charge on any atom is -0.490 e. The minimum absolute atomic E-state index is 0.143. The Hall–Kier alpha value is -1.88. The summed E-state index contributed by atoms with van der Waals surface area (Å²) in [6, 6.07) is 7.82. The Balaban J connectivity index is 2.05. The Bertz CT molecular complexity index is 563. The number of benzene rings is 1. The second-order valence-corrected chi connectivity index (χ2v) is 5.23. The maximum Gasteiger partial charge on any atom is 0.203 e. The smallest absolute Gasteiger partial charge is 0.203 e. The van der Waals surface area contributed by atoms with E-state index in [9.17, 15) is 0 Å². The summed E-state index contributed by atoms with van der Waals surface area (Å²) in [5.74, 6) is 0.832. The van der Waals surface area contributed by atoms with E-state index in [1.165, 1.54) is 11.3 Å². The summed E-state index contributed by atoms with van der Waals surface area (Å²) < 4.78 is 5.72. The number of anilines is 1. The zero-order valence-corrected chi connectivity index (χ0v) is 12.1. The normalized spacial score (nSPS) is 11.2. The van der Waals surface area contributed by atoms with E-state index in [0.717, 1.165) is 22.1 Å². The molecule has 100 valence electrons. The lowest BCUT2D eigenvalue weighted by atomic mass is 10.2. The van der Waals surface area contributed by atoms with Crippen LogP contribution in [0.25, 0.3) is 0 Å². The molecule has 1 heterocycles. The molecular weight excluding hydrogens is 258 g/mol. The van der Waals surface area contributed by atoms with E-state index >= 15 is 0 Å². The molecule has 0 aliphatic carbocycles. The molecule has 0 spiro atoms. The van der Waals surface area contributed by atoms with Gasteiger partial charge in [-0.1, -0.05) is 12.1 Å². The second-order valence-electron chi connectivity index (χ2n) is 4.37. The summed E-state index contributed by atoms with van der Waals surface area (Å²) in [5.41, 5.74) is 4.85. The van der Waals surface area contributed by atoms with Crippen LogP contribution in [0.2, 0.25) is 0 Å². The van der Waals surface area contributed by atoms with Crippen molar-refractivity contribution in [3.8, 4) is 5.75 Å². The highest BCUT2D eigenvalue weighted by atomic mass is 32.1. The summed E-state index contributed by atoms with van der Waals surface area (Å²) >= 11 is 1.53. The molecule has 1 aromatic heterocycles. The number of ether oxygens (including phenoxy) is 1. The lowest BCUT2D eigenvalue weighted by Crippen LogP contribution is -2.07. The minimum atomic E-state index is 0.143. The van der Waals surface area contributed by atoms with E-state index < -0.39 is 0 Å². The molecule has 0 saturated carbocycles. The number of hydrazone groups is 1. The van der Waals surface area contributed by atoms with Crippen LogP contribution < -0.4 is 10.2 Å². The van der Waals surface area contributed by atoms with Crippen LogP contribution >= 0.6 is 11.3 Å². The van der Waals surface area contributed by atoms with Crippen molar-refractivity contribution in [2.45, 2.75) is 26.9 Å². The number of aryl methyl sites for hydroxylation is 1. The molecule has 0 aliphatic rings. The Morgan fingerprint density at radius 2 is 2.16 bits per heavy atom. The summed E-state index contributed by atoms with van der Waals surface area (Å²) in [4.78, 5) is 4.28. The molecule has 5 heteroatoms. The summed E-state index contributed by atoms with van der Waals surface area (Å²) in [7, 11) is 0. The predicted octanol–water partition coefficient (Wildman–Crippen LogP) is 3.68. The quantitative estimate of drug-likeness (QED) is 0.668. The van der Waals surface area contributed by atoms with E-state index in [4.69, 9.17) is 4.74 Å². The van der Waals surface area contributed by atoms with Crippen molar-refractivity contribution in [2.75, 3.05) is 5.43 Å². The monoisotopic (exact) mass is 275 g/mol. The van der Waals surface area contributed by atoms with Crippen LogP contribution in [0.15, 0.2) is 34.7 Å². The van der Waals surface area contributed by atoms with Gasteiger partial charge in [0.1, 0.15) is 5.75 Å². The number of nitrogens with one attached hydrogen (secondary N) is 1. The largest absolute Gasteiger partial charge is 0.490 e. The van der Waals surface area contributed by atoms with Gasteiger partial charge in [0.25, 0.3) is 0 Å². The molecule has 0 bridgehead atoms. The Morgan fingerprint density at radius 1 is 1.37 bits per heavy atom. The van der Waals surface area contributed by atoms with Crippen LogP contribution in [0.4, 0.5) is 5.13 Å². The molecule has 1 aromatic carbocycles. The standard InChI is InChI=1S/C14H17N3OS/c1-10(2)18-13-7-5-4-6-12(13)8-15-17-14-16-11(3)9-19-14/h4-10H,1-3H3,(H,16,17)/b15-8+. The summed E-state index contributed by atoms with van der Waals surface area (Å²) in [6.45, 7) is 5.96. The van der Waals surface area contributed by atoms with Crippen LogP contribution in [-0.2, 0) is 0 Å². The zero-order valence-electron chi connectivity index (χ0n) is 11.3. The van der Waals surface area contributed by atoms with Gasteiger partial charge in [-0.25, -0.2) is 4.98 Å². The van der Waals surface area contributed by atoms with Gasteiger partial charge in [0.2, 0.25) is 5.13 Å². The molecule has 19 heavy (non-hydrogen) atoms. The lowest BCUT2D eigenvalue weighted by molar-refractivity contribution is 0.242. The fraction of sp³-hybridized carbons (Fsp3) is 0.286. The van der Waals surface area contributed by atoms with E-state index in [2.05, 4.69) is 15.5 Å². The van der Waals surface area contributed by atoms with Crippen molar-refractivity contribution in [3.63, 3.8) is 0 Å². The van der Waals surface area contributed by atoms with Gasteiger partial charge in [-0.05, 0) is 32.9 Å². The number of thiazole rings is 1. The fourth-order valence-corrected chi connectivity index (χ4v) is 2.15. The first-order valence-electron chi connectivity index (χ1n) is 6.12. The zero-order chi connectivity index (χ0) is 13.7. The number of hydrogen-bond acceptors (Lipinski definition) is 5. The third-order valence-electron chi connectivity index (χ3n) is 2.26. The highest BCUT2D eigenvalue weighted by molar-refractivity contribution is 7.13. The first-order valence-corrected chi connectivity index (χ1v) is 7.00. The van der Waals surface area contributed by atoms with Crippen molar-refractivity contribution >= 4 is 22.7 Å². The molecule has 0 fully saturated rings. The molecule has 0 unspecified atom stereocenters. The van der Waals surface area contributed by atoms with E-state index in [1.54, 1.807) is 6.21 Å². The van der Waals surface area contributed by atoms with Crippen molar-refractivity contribution in [2.24, 2.45) is 5.10 Å². The van der Waals surface area contributed by atoms with Crippen LogP contribution in [0.1, 0.15) is 25.1 Å². The van der Waals surface area contributed by atoms with Crippen molar-refractivity contribution in [1.29, 1.82) is 0 Å². The number of rotatable bonds is 5. The van der Waals surface area contributed by atoms with E-state index in [-0.39, 0.29) is 6.10 Å². The van der Waals surface area contributed by atoms with Gasteiger partial charge >= 0.3 is 0 Å². The molecule has 0 atom stereocenters. The molecule has 2 rings (SSSR count). The summed E-state index contributed by atoms with van der Waals surface area (Å²) in [6.07, 6.45) is 1.89. The first kappa shape index (κ1) is 13.5. The van der Waals surface area contributed by atoms with Gasteiger partial charge < -0.3 is 4.74 Å². The highest BCUT2D eigenvalue weighted by Gasteiger charge is 2.02. The molecule has 0 aliphatic heterocycles. The Labute approximate surface area is 117 Å².